The molecule has 0 unspecified atom stereocenters. The molecule has 0 radical (unpaired) electrons. The first kappa shape index (κ1) is 13.0. The van der Waals surface area contributed by atoms with Gasteiger partial charge in [-0.05, 0) is 23.8 Å². The van der Waals surface area contributed by atoms with Crippen molar-refractivity contribution in [3.05, 3.63) is 35.4 Å². The number of esters is 1. The summed E-state index contributed by atoms with van der Waals surface area (Å²) < 4.78 is 9.57. The number of aldehydes is 1. The van der Waals surface area contributed by atoms with Gasteiger partial charge >= 0.3 is 5.97 Å². The molecule has 0 aliphatic carbocycles. The van der Waals surface area contributed by atoms with E-state index < -0.39 is 0 Å². The first-order chi connectivity index (χ1) is 8.21. The minimum absolute atomic E-state index is 0.173. The predicted octanol–water partition coefficient (Wildman–Crippen LogP) is 2.08. The van der Waals surface area contributed by atoms with Crippen LogP contribution in [0.3, 0.4) is 0 Å². The SMILES string of the molecule is COC(=O)CC=Cc1cc(OC)ccc1C=O. The molecule has 1 aromatic carbocycles. The summed E-state index contributed by atoms with van der Waals surface area (Å²) in [7, 11) is 2.89. The summed E-state index contributed by atoms with van der Waals surface area (Å²) in [5, 5.41) is 0. The van der Waals surface area contributed by atoms with Crippen molar-refractivity contribution >= 4 is 18.3 Å². The predicted molar refractivity (Wildman–Crippen MR) is 64.0 cm³/mol. The Morgan fingerprint density at radius 3 is 2.65 bits per heavy atom. The molecule has 17 heavy (non-hydrogen) atoms. The van der Waals surface area contributed by atoms with E-state index in [2.05, 4.69) is 4.74 Å². The van der Waals surface area contributed by atoms with Gasteiger partial charge in [0, 0.05) is 5.56 Å². The summed E-state index contributed by atoms with van der Waals surface area (Å²) in [6.07, 6.45) is 4.28. The molecule has 0 bridgehead atoms. The van der Waals surface area contributed by atoms with Crippen molar-refractivity contribution in [3.8, 4) is 5.75 Å². The molecule has 0 atom stereocenters. The molecular formula is C13H14O4. The van der Waals surface area contributed by atoms with Gasteiger partial charge in [0.1, 0.15) is 5.75 Å². The topological polar surface area (TPSA) is 52.6 Å². The zero-order valence-electron chi connectivity index (χ0n) is 9.80. The fourth-order valence-corrected chi connectivity index (χ4v) is 1.30. The van der Waals surface area contributed by atoms with E-state index in [0.717, 1.165) is 6.29 Å². The van der Waals surface area contributed by atoms with Crippen LogP contribution < -0.4 is 4.74 Å². The molecule has 90 valence electrons. The summed E-state index contributed by atoms with van der Waals surface area (Å²) >= 11 is 0. The van der Waals surface area contributed by atoms with Gasteiger partial charge < -0.3 is 9.47 Å². The van der Waals surface area contributed by atoms with Crippen LogP contribution >= 0.6 is 0 Å². The van der Waals surface area contributed by atoms with Crippen molar-refractivity contribution in [3.63, 3.8) is 0 Å². The Morgan fingerprint density at radius 2 is 2.06 bits per heavy atom. The maximum absolute atomic E-state index is 10.9. The van der Waals surface area contributed by atoms with Crippen LogP contribution in [0.5, 0.6) is 5.75 Å². The summed E-state index contributed by atoms with van der Waals surface area (Å²) in [4.78, 5) is 21.7. The first-order valence-electron chi connectivity index (χ1n) is 5.08. The molecule has 0 heterocycles. The zero-order chi connectivity index (χ0) is 12.7. The maximum atomic E-state index is 10.9. The molecule has 0 aliphatic rings. The monoisotopic (exact) mass is 234 g/mol. The lowest BCUT2D eigenvalue weighted by Gasteiger charge is -2.03. The Kier molecular flexibility index (Phi) is 4.94. The highest BCUT2D eigenvalue weighted by Gasteiger charge is 2.01. The fraction of sp³-hybridized carbons (Fsp3) is 0.231. The second kappa shape index (κ2) is 6.48. The summed E-state index contributed by atoms with van der Waals surface area (Å²) in [6, 6.07) is 5.11. The minimum Gasteiger partial charge on any atom is -0.497 e. The van der Waals surface area contributed by atoms with E-state index in [1.807, 2.05) is 0 Å². The van der Waals surface area contributed by atoms with Gasteiger partial charge in [-0.1, -0.05) is 12.2 Å². The maximum Gasteiger partial charge on any atom is 0.309 e. The van der Waals surface area contributed by atoms with Gasteiger partial charge in [-0.15, -0.1) is 0 Å². The summed E-state index contributed by atoms with van der Waals surface area (Å²) in [6.45, 7) is 0. The molecule has 0 fully saturated rings. The molecule has 0 aromatic heterocycles. The highest BCUT2D eigenvalue weighted by molar-refractivity contribution is 5.83. The van der Waals surface area contributed by atoms with Crippen molar-refractivity contribution in [2.45, 2.75) is 6.42 Å². The van der Waals surface area contributed by atoms with Gasteiger partial charge in [0.15, 0.2) is 6.29 Å². The van der Waals surface area contributed by atoms with E-state index in [1.165, 1.54) is 7.11 Å². The highest BCUT2D eigenvalue weighted by atomic mass is 16.5. The Morgan fingerprint density at radius 1 is 1.29 bits per heavy atom. The smallest absolute Gasteiger partial charge is 0.309 e. The van der Waals surface area contributed by atoms with Crippen LogP contribution in [-0.2, 0) is 9.53 Å². The van der Waals surface area contributed by atoms with E-state index in [4.69, 9.17) is 4.74 Å². The molecule has 0 N–H and O–H groups in total. The second-order valence-corrected chi connectivity index (χ2v) is 3.30. The van der Waals surface area contributed by atoms with Crippen LogP contribution in [0.25, 0.3) is 6.08 Å². The van der Waals surface area contributed by atoms with Gasteiger partial charge in [-0.25, -0.2) is 0 Å². The van der Waals surface area contributed by atoms with Crippen LogP contribution in [0.2, 0.25) is 0 Å². The van der Waals surface area contributed by atoms with Gasteiger partial charge in [-0.2, -0.15) is 0 Å². The van der Waals surface area contributed by atoms with Crippen molar-refractivity contribution in [1.82, 2.24) is 0 Å². The molecule has 1 aromatic rings. The van der Waals surface area contributed by atoms with E-state index in [1.54, 1.807) is 37.5 Å². The minimum atomic E-state index is -0.322. The van der Waals surface area contributed by atoms with Crippen molar-refractivity contribution < 1.29 is 19.1 Å². The van der Waals surface area contributed by atoms with Crippen LogP contribution in [0, 0.1) is 0 Å². The Hall–Kier alpha value is -2.10. The molecule has 0 amide bonds. The summed E-state index contributed by atoms with van der Waals surface area (Å²) in [5.74, 6) is 0.338. The third kappa shape index (κ3) is 3.75. The molecule has 0 saturated carbocycles. The number of carbonyl (C=O) groups is 2. The standard InChI is InChI=1S/C13H14O4/c1-16-12-7-6-11(9-14)10(8-12)4-3-5-13(15)17-2/h3-4,6-9H,5H2,1-2H3. The summed E-state index contributed by atoms with van der Waals surface area (Å²) in [5.41, 5.74) is 1.26. The zero-order valence-corrected chi connectivity index (χ0v) is 9.80. The lowest BCUT2D eigenvalue weighted by molar-refractivity contribution is -0.139. The fourth-order valence-electron chi connectivity index (χ4n) is 1.30. The molecule has 1 rings (SSSR count). The number of hydrogen-bond donors (Lipinski definition) is 0. The Labute approximate surface area is 99.8 Å². The van der Waals surface area contributed by atoms with E-state index in [0.29, 0.717) is 16.9 Å². The number of rotatable bonds is 5. The molecule has 0 spiro atoms. The molecule has 0 aliphatic heterocycles. The van der Waals surface area contributed by atoms with Crippen LogP contribution in [0.1, 0.15) is 22.3 Å². The van der Waals surface area contributed by atoms with E-state index >= 15 is 0 Å². The molecular weight excluding hydrogens is 220 g/mol. The van der Waals surface area contributed by atoms with E-state index in [-0.39, 0.29) is 12.4 Å². The number of carbonyl (C=O) groups excluding carboxylic acids is 2. The Bertz CT molecular complexity index is 435. The largest absolute Gasteiger partial charge is 0.497 e. The van der Waals surface area contributed by atoms with E-state index in [9.17, 15) is 9.59 Å². The average molecular weight is 234 g/mol. The second-order valence-electron chi connectivity index (χ2n) is 3.30. The lowest BCUT2D eigenvalue weighted by Crippen LogP contribution is -1.96. The third-order valence-corrected chi connectivity index (χ3v) is 2.23. The normalized spacial score (nSPS) is 10.2. The van der Waals surface area contributed by atoms with Gasteiger partial charge in [0.2, 0.25) is 0 Å². The third-order valence-electron chi connectivity index (χ3n) is 2.23. The molecule has 4 heteroatoms. The Balaban J connectivity index is 2.87. The van der Waals surface area contributed by atoms with Crippen LogP contribution in [0.15, 0.2) is 24.3 Å². The molecule has 4 nitrogen and oxygen atoms in total. The van der Waals surface area contributed by atoms with Crippen molar-refractivity contribution in [2.75, 3.05) is 14.2 Å². The van der Waals surface area contributed by atoms with Gasteiger partial charge in [0.05, 0.1) is 20.6 Å². The number of hydrogen-bond acceptors (Lipinski definition) is 4. The van der Waals surface area contributed by atoms with Gasteiger partial charge in [0.25, 0.3) is 0 Å². The quantitative estimate of drug-likeness (QED) is 0.578. The number of methoxy groups -OCH3 is 2. The first-order valence-corrected chi connectivity index (χ1v) is 5.08. The number of ether oxygens (including phenoxy) is 2. The van der Waals surface area contributed by atoms with Crippen molar-refractivity contribution in [1.29, 1.82) is 0 Å². The number of benzene rings is 1. The van der Waals surface area contributed by atoms with Crippen LogP contribution in [0.4, 0.5) is 0 Å². The average Bonchev–Trinajstić information content (AvgIpc) is 2.38. The van der Waals surface area contributed by atoms with Crippen molar-refractivity contribution in [2.24, 2.45) is 0 Å². The lowest BCUT2D eigenvalue weighted by atomic mass is 10.1. The highest BCUT2D eigenvalue weighted by Crippen LogP contribution is 2.18. The van der Waals surface area contributed by atoms with Crippen LogP contribution in [-0.4, -0.2) is 26.5 Å². The molecule has 0 saturated heterocycles. The van der Waals surface area contributed by atoms with Gasteiger partial charge in [-0.3, -0.25) is 9.59 Å².